The van der Waals surface area contributed by atoms with Crippen molar-refractivity contribution >= 4 is 23.2 Å². The zero-order chi connectivity index (χ0) is 15.6. The van der Waals surface area contributed by atoms with E-state index in [9.17, 15) is 14.9 Å². The van der Waals surface area contributed by atoms with Crippen LogP contribution >= 0.6 is 11.6 Å². The monoisotopic (exact) mass is 309 g/mol. The van der Waals surface area contributed by atoms with Crippen LogP contribution in [0, 0.1) is 24.0 Å². The molecule has 2 rings (SSSR count). The summed E-state index contributed by atoms with van der Waals surface area (Å²) in [7, 11) is 0. The highest BCUT2D eigenvalue weighted by Gasteiger charge is 2.21. The summed E-state index contributed by atoms with van der Waals surface area (Å²) in [5, 5.41) is 17.6. The Bertz CT molecular complexity index is 692. The van der Waals surface area contributed by atoms with E-state index in [1.807, 2.05) is 0 Å². The number of benzene rings is 1. The number of hydrogen-bond donors (Lipinski definition) is 1. The average molecular weight is 310 g/mol. The minimum Gasteiger partial charge on any atom is -0.361 e. The second kappa shape index (κ2) is 5.92. The Labute approximate surface area is 125 Å². The fraction of sp³-hybridized carbons (Fsp3) is 0.231. The number of aromatic nitrogens is 1. The molecule has 0 radical (unpaired) electrons. The highest BCUT2D eigenvalue weighted by atomic mass is 35.5. The zero-order valence-electron chi connectivity index (χ0n) is 11.3. The lowest BCUT2D eigenvalue weighted by molar-refractivity contribution is -0.385. The fourth-order valence-corrected chi connectivity index (χ4v) is 2.04. The van der Waals surface area contributed by atoms with Crippen molar-refractivity contribution in [2.45, 2.75) is 20.4 Å². The van der Waals surface area contributed by atoms with Gasteiger partial charge in [0.25, 0.3) is 11.6 Å². The first-order chi connectivity index (χ1) is 9.90. The van der Waals surface area contributed by atoms with Crippen LogP contribution < -0.4 is 5.32 Å². The second-order valence-corrected chi connectivity index (χ2v) is 4.84. The van der Waals surface area contributed by atoms with E-state index in [1.54, 1.807) is 13.8 Å². The summed E-state index contributed by atoms with van der Waals surface area (Å²) in [4.78, 5) is 22.4. The van der Waals surface area contributed by atoms with Gasteiger partial charge >= 0.3 is 0 Å². The molecule has 110 valence electrons. The Balaban J connectivity index is 2.21. The van der Waals surface area contributed by atoms with Crippen LogP contribution in [-0.4, -0.2) is 16.0 Å². The largest absolute Gasteiger partial charge is 0.361 e. The van der Waals surface area contributed by atoms with Gasteiger partial charge in [-0.2, -0.15) is 0 Å². The fourth-order valence-electron chi connectivity index (χ4n) is 1.87. The zero-order valence-corrected chi connectivity index (χ0v) is 12.1. The molecule has 0 saturated heterocycles. The van der Waals surface area contributed by atoms with Crippen LogP contribution in [0.25, 0.3) is 0 Å². The van der Waals surface area contributed by atoms with E-state index in [2.05, 4.69) is 10.5 Å². The third-order valence-corrected chi connectivity index (χ3v) is 3.24. The highest BCUT2D eigenvalue weighted by molar-refractivity contribution is 6.31. The van der Waals surface area contributed by atoms with Gasteiger partial charge in [0.05, 0.1) is 10.6 Å². The van der Waals surface area contributed by atoms with Crippen molar-refractivity contribution in [3.8, 4) is 0 Å². The van der Waals surface area contributed by atoms with Crippen LogP contribution in [0.5, 0.6) is 0 Å². The van der Waals surface area contributed by atoms with Crippen molar-refractivity contribution in [3.63, 3.8) is 0 Å². The molecule has 1 aromatic carbocycles. The molecule has 0 unspecified atom stereocenters. The Morgan fingerprint density at radius 2 is 2.19 bits per heavy atom. The first-order valence-electron chi connectivity index (χ1n) is 6.04. The van der Waals surface area contributed by atoms with Gasteiger partial charge < -0.3 is 9.84 Å². The van der Waals surface area contributed by atoms with Gasteiger partial charge in [-0.15, -0.1) is 0 Å². The Kier molecular flexibility index (Phi) is 4.23. The number of nitrogens with one attached hydrogen (secondary N) is 1. The number of nitrogens with zero attached hydrogens (tertiary/aromatic N) is 2. The van der Waals surface area contributed by atoms with Gasteiger partial charge in [0.1, 0.15) is 11.3 Å². The summed E-state index contributed by atoms with van der Waals surface area (Å²) in [5.41, 5.74) is 1.02. The van der Waals surface area contributed by atoms with Crippen molar-refractivity contribution in [2.24, 2.45) is 0 Å². The van der Waals surface area contributed by atoms with E-state index in [0.29, 0.717) is 11.5 Å². The number of carbonyl (C=O) groups is 1. The number of halogens is 1. The Morgan fingerprint density at radius 1 is 1.48 bits per heavy atom. The number of hydrogen-bond acceptors (Lipinski definition) is 5. The summed E-state index contributed by atoms with van der Waals surface area (Å²) in [6.45, 7) is 3.65. The minimum absolute atomic E-state index is 0.0840. The molecule has 0 saturated carbocycles. The summed E-state index contributed by atoms with van der Waals surface area (Å²) < 4.78 is 4.98. The molecule has 7 nitrogen and oxygen atoms in total. The molecule has 2 aromatic rings. The van der Waals surface area contributed by atoms with E-state index in [4.69, 9.17) is 16.1 Å². The van der Waals surface area contributed by atoms with Crippen molar-refractivity contribution in [1.82, 2.24) is 10.5 Å². The van der Waals surface area contributed by atoms with E-state index in [1.165, 1.54) is 18.2 Å². The molecule has 8 heteroatoms. The van der Waals surface area contributed by atoms with Crippen LogP contribution in [0.15, 0.2) is 22.7 Å². The van der Waals surface area contributed by atoms with E-state index < -0.39 is 10.8 Å². The van der Waals surface area contributed by atoms with Crippen molar-refractivity contribution in [1.29, 1.82) is 0 Å². The van der Waals surface area contributed by atoms with Crippen LogP contribution in [0.4, 0.5) is 5.69 Å². The van der Waals surface area contributed by atoms with Crippen LogP contribution in [0.3, 0.4) is 0 Å². The van der Waals surface area contributed by atoms with Gasteiger partial charge in [-0.05, 0) is 26.0 Å². The van der Waals surface area contributed by atoms with Crippen molar-refractivity contribution in [3.05, 3.63) is 55.9 Å². The molecular weight excluding hydrogens is 298 g/mol. The van der Waals surface area contributed by atoms with E-state index in [0.717, 1.165) is 5.56 Å². The number of carbonyl (C=O) groups excluding carboxylic acids is 1. The molecule has 21 heavy (non-hydrogen) atoms. The molecule has 0 aliphatic rings. The quantitative estimate of drug-likeness (QED) is 0.691. The maximum atomic E-state index is 12.1. The molecule has 0 fully saturated rings. The predicted molar refractivity (Wildman–Crippen MR) is 75.3 cm³/mol. The normalized spacial score (nSPS) is 10.4. The molecule has 1 aromatic heterocycles. The molecule has 1 amide bonds. The topological polar surface area (TPSA) is 98.3 Å². The second-order valence-electron chi connectivity index (χ2n) is 4.40. The van der Waals surface area contributed by atoms with E-state index >= 15 is 0 Å². The Morgan fingerprint density at radius 3 is 2.76 bits per heavy atom. The summed E-state index contributed by atoms with van der Waals surface area (Å²) in [5.74, 6) is 0.0117. The number of nitro benzene ring substituents is 1. The number of amides is 1. The SMILES string of the molecule is Cc1noc(C)c1CNC(=O)c1cc(Cl)ccc1[N+](=O)[O-]. The first kappa shape index (κ1) is 15.0. The van der Waals surface area contributed by atoms with Gasteiger partial charge in [-0.1, -0.05) is 16.8 Å². The molecule has 1 N–H and O–H groups in total. The average Bonchev–Trinajstić information content (AvgIpc) is 2.75. The van der Waals surface area contributed by atoms with Crippen molar-refractivity contribution in [2.75, 3.05) is 0 Å². The van der Waals surface area contributed by atoms with Crippen molar-refractivity contribution < 1.29 is 14.2 Å². The van der Waals surface area contributed by atoms with Gasteiger partial charge in [-0.3, -0.25) is 14.9 Å². The third-order valence-electron chi connectivity index (χ3n) is 3.01. The minimum atomic E-state index is -0.624. The molecular formula is C13H12ClN3O4. The van der Waals surface area contributed by atoms with Gasteiger partial charge in [0.2, 0.25) is 0 Å². The van der Waals surface area contributed by atoms with Crippen LogP contribution in [0.1, 0.15) is 27.4 Å². The lowest BCUT2D eigenvalue weighted by atomic mass is 10.1. The van der Waals surface area contributed by atoms with Gasteiger partial charge in [0.15, 0.2) is 0 Å². The number of nitro groups is 1. The van der Waals surface area contributed by atoms with Crippen LogP contribution in [-0.2, 0) is 6.54 Å². The lowest BCUT2D eigenvalue weighted by Crippen LogP contribution is -2.24. The van der Waals surface area contributed by atoms with Gasteiger partial charge in [0, 0.05) is 23.2 Å². The summed E-state index contributed by atoms with van der Waals surface area (Å²) in [6, 6.07) is 3.83. The Hall–Kier alpha value is -2.41. The first-order valence-corrected chi connectivity index (χ1v) is 6.42. The lowest BCUT2D eigenvalue weighted by Gasteiger charge is -2.06. The van der Waals surface area contributed by atoms with E-state index in [-0.39, 0.29) is 22.8 Å². The number of rotatable bonds is 4. The molecule has 0 bridgehead atoms. The molecule has 1 heterocycles. The highest BCUT2D eigenvalue weighted by Crippen LogP contribution is 2.23. The summed E-state index contributed by atoms with van der Waals surface area (Å²) >= 11 is 5.79. The maximum Gasteiger partial charge on any atom is 0.282 e. The summed E-state index contributed by atoms with van der Waals surface area (Å²) in [6.07, 6.45) is 0. The predicted octanol–water partition coefficient (Wildman–Crippen LogP) is 2.78. The molecule has 0 aliphatic heterocycles. The van der Waals surface area contributed by atoms with Gasteiger partial charge in [-0.25, -0.2) is 0 Å². The standard InChI is InChI=1S/C13H12ClN3O4/c1-7-11(8(2)21-16-7)6-15-13(18)10-5-9(14)3-4-12(10)17(19)20/h3-5H,6H2,1-2H3,(H,15,18). The maximum absolute atomic E-state index is 12.1. The number of aryl methyl sites for hydroxylation is 2. The molecule has 0 atom stereocenters. The molecule has 0 spiro atoms. The third kappa shape index (κ3) is 3.19. The smallest absolute Gasteiger partial charge is 0.282 e. The molecule has 0 aliphatic carbocycles. The van der Waals surface area contributed by atoms with Crippen LogP contribution in [0.2, 0.25) is 5.02 Å².